The van der Waals surface area contributed by atoms with Crippen LogP contribution in [0.25, 0.3) is 0 Å². The van der Waals surface area contributed by atoms with Gasteiger partial charge in [0, 0.05) is 5.92 Å². The standard InChI is InChI=1S/C19H34O15/c1-6-7(2-20)31-17(14(27)10(6)23)30-4-9-11(24)13(26)15(28)18(32-9)34-19(5-22)16(29)12(25)8(3-21)33-19/h6-18,20-29H,2-5H2,1H3/t6-,7+,8+,9+,10-,11+,12+,13-,14+,15+,16-,17?,18?,19-/m0/s1. The highest BCUT2D eigenvalue weighted by molar-refractivity contribution is 4.98. The van der Waals surface area contributed by atoms with Gasteiger partial charge in [-0.3, -0.25) is 0 Å². The van der Waals surface area contributed by atoms with E-state index in [1.807, 2.05) is 0 Å². The minimum atomic E-state index is -2.33. The lowest BCUT2D eigenvalue weighted by Crippen LogP contribution is -2.63. The van der Waals surface area contributed by atoms with E-state index in [1.165, 1.54) is 0 Å². The zero-order valence-electron chi connectivity index (χ0n) is 18.3. The molecular formula is C19H34O15. The van der Waals surface area contributed by atoms with Gasteiger partial charge in [-0.05, 0) is 0 Å². The minimum absolute atomic E-state index is 0.458. The van der Waals surface area contributed by atoms with E-state index in [-0.39, 0.29) is 0 Å². The van der Waals surface area contributed by atoms with Gasteiger partial charge < -0.3 is 74.7 Å². The fraction of sp³-hybridized carbons (Fsp3) is 1.00. The molecule has 0 spiro atoms. The normalized spacial score (nSPS) is 52.1. The van der Waals surface area contributed by atoms with Crippen molar-refractivity contribution in [1.82, 2.24) is 0 Å². The maximum Gasteiger partial charge on any atom is 0.224 e. The molecule has 200 valence electrons. The summed E-state index contributed by atoms with van der Waals surface area (Å²) in [4.78, 5) is 0. The lowest BCUT2D eigenvalue weighted by Gasteiger charge is -2.44. The van der Waals surface area contributed by atoms with Crippen LogP contribution in [0.15, 0.2) is 0 Å². The van der Waals surface area contributed by atoms with Crippen LogP contribution in [0.4, 0.5) is 0 Å². The van der Waals surface area contributed by atoms with Crippen molar-refractivity contribution in [2.45, 2.75) is 86.3 Å². The van der Waals surface area contributed by atoms with Crippen LogP contribution < -0.4 is 0 Å². The molecule has 34 heavy (non-hydrogen) atoms. The predicted octanol–water partition coefficient (Wildman–Crippen LogP) is -6.30. The summed E-state index contributed by atoms with van der Waals surface area (Å²) in [6.07, 6.45) is -18.6. The minimum Gasteiger partial charge on any atom is -0.394 e. The van der Waals surface area contributed by atoms with Gasteiger partial charge in [-0.2, -0.15) is 0 Å². The van der Waals surface area contributed by atoms with Crippen LogP contribution in [0.1, 0.15) is 6.92 Å². The average molecular weight is 502 g/mol. The molecule has 0 radical (unpaired) electrons. The topological polar surface area (TPSA) is 248 Å². The van der Waals surface area contributed by atoms with E-state index in [9.17, 15) is 51.1 Å². The molecule has 3 saturated heterocycles. The van der Waals surface area contributed by atoms with Crippen LogP contribution in [-0.2, 0) is 23.7 Å². The fourth-order valence-electron chi connectivity index (χ4n) is 4.22. The molecular weight excluding hydrogens is 468 g/mol. The van der Waals surface area contributed by atoms with Gasteiger partial charge in [0.15, 0.2) is 12.6 Å². The quantitative estimate of drug-likeness (QED) is 0.148. The molecule has 0 aromatic carbocycles. The molecule has 0 aromatic heterocycles. The van der Waals surface area contributed by atoms with Gasteiger partial charge in [-0.15, -0.1) is 0 Å². The Morgan fingerprint density at radius 2 is 1.26 bits per heavy atom. The van der Waals surface area contributed by atoms with Gasteiger partial charge in [0.05, 0.1) is 32.0 Å². The Hall–Kier alpha value is -0.600. The second-order valence-electron chi connectivity index (χ2n) is 8.78. The first kappa shape index (κ1) is 28.0. The zero-order valence-corrected chi connectivity index (χ0v) is 18.3. The monoisotopic (exact) mass is 502 g/mol. The molecule has 0 amide bonds. The number of rotatable bonds is 8. The van der Waals surface area contributed by atoms with Crippen molar-refractivity contribution >= 4 is 0 Å². The first-order valence-electron chi connectivity index (χ1n) is 10.9. The molecule has 0 saturated carbocycles. The molecule has 2 unspecified atom stereocenters. The van der Waals surface area contributed by atoms with Gasteiger partial charge in [0.2, 0.25) is 5.79 Å². The third-order valence-electron chi connectivity index (χ3n) is 6.56. The summed E-state index contributed by atoms with van der Waals surface area (Å²) >= 11 is 0. The predicted molar refractivity (Wildman–Crippen MR) is 104 cm³/mol. The van der Waals surface area contributed by atoms with Gasteiger partial charge in [-0.25, -0.2) is 0 Å². The summed E-state index contributed by atoms with van der Waals surface area (Å²) in [6, 6.07) is 0. The summed E-state index contributed by atoms with van der Waals surface area (Å²) in [6.45, 7) is -1.20. The highest BCUT2D eigenvalue weighted by Crippen LogP contribution is 2.36. The summed E-state index contributed by atoms with van der Waals surface area (Å²) in [5.41, 5.74) is 0. The molecule has 10 N–H and O–H groups in total. The molecule has 3 aliphatic rings. The van der Waals surface area contributed by atoms with Crippen molar-refractivity contribution in [3.8, 4) is 0 Å². The van der Waals surface area contributed by atoms with Crippen LogP contribution in [0, 0.1) is 5.92 Å². The van der Waals surface area contributed by atoms with Crippen LogP contribution >= 0.6 is 0 Å². The molecule has 15 nitrogen and oxygen atoms in total. The van der Waals surface area contributed by atoms with Gasteiger partial charge in [0.1, 0.15) is 55.4 Å². The van der Waals surface area contributed by atoms with E-state index in [0.717, 1.165) is 0 Å². The van der Waals surface area contributed by atoms with Gasteiger partial charge >= 0.3 is 0 Å². The van der Waals surface area contributed by atoms with Crippen LogP contribution in [-0.4, -0.2) is 157 Å². The zero-order chi connectivity index (χ0) is 25.4. The molecule has 15 heteroatoms. The third kappa shape index (κ3) is 5.10. The first-order valence-corrected chi connectivity index (χ1v) is 10.9. The molecule has 3 aliphatic heterocycles. The van der Waals surface area contributed by atoms with Crippen LogP contribution in [0.5, 0.6) is 0 Å². The van der Waals surface area contributed by atoms with E-state index in [2.05, 4.69) is 0 Å². The van der Waals surface area contributed by atoms with E-state index in [4.69, 9.17) is 23.7 Å². The number of hydrogen-bond acceptors (Lipinski definition) is 15. The number of hydrogen-bond donors (Lipinski definition) is 10. The second-order valence-corrected chi connectivity index (χ2v) is 8.78. The Morgan fingerprint density at radius 3 is 1.82 bits per heavy atom. The van der Waals surface area contributed by atoms with Gasteiger partial charge in [-0.1, -0.05) is 6.92 Å². The Morgan fingerprint density at radius 1 is 0.676 bits per heavy atom. The summed E-state index contributed by atoms with van der Waals surface area (Å²) in [7, 11) is 0. The first-order chi connectivity index (χ1) is 16.0. The second kappa shape index (κ2) is 11.2. The molecule has 3 heterocycles. The highest BCUT2D eigenvalue weighted by atomic mass is 16.8. The number of aliphatic hydroxyl groups is 10. The molecule has 3 rings (SSSR count). The maximum atomic E-state index is 10.3. The Bertz CT molecular complexity index is 653. The van der Waals surface area contributed by atoms with E-state index >= 15 is 0 Å². The molecule has 14 atom stereocenters. The lowest BCUT2D eigenvalue weighted by atomic mass is 9.91. The van der Waals surface area contributed by atoms with Crippen molar-refractivity contribution in [3.05, 3.63) is 0 Å². The van der Waals surface area contributed by atoms with Crippen molar-refractivity contribution in [1.29, 1.82) is 0 Å². The Kier molecular flexibility index (Phi) is 9.22. The summed E-state index contributed by atoms with van der Waals surface area (Å²) in [5, 5.41) is 99.9. The van der Waals surface area contributed by atoms with E-state index in [1.54, 1.807) is 6.92 Å². The average Bonchev–Trinajstić information content (AvgIpc) is 3.08. The number of ether oxygens (including phenoxy) is 5. The van der Waals surface area contributed by atoms with Crippen molar-refractivity contribution in [3.63, 3.8) is 0 Å². The smallest absolute Gasteiger partial charge is 0.224 e. The van der Waals surface area contributed by atoms with Crippen molar-refractivity contribution in [2.24, 2.45) is 5.92 Å². The summed E-state index contributed by atoms with van der Waals surface area (Å²) in [5.74, 6) is -2.93. The van der Waals surface area contributed by atoms with Gasteiger partial charge in [0.25, 0.3) is 0 Å². The molecule has 0 aromatic rings. The van der Waals surface area contributed by atoms with E-state index in [0.29, 0.717) is 0 Å². The van der Waals surface area contributed by atoms with Crippen LogP contribution in [0.2, 0.25) is 0 Å². The molecule has 0 aliphatic carbocycles. The van der Waals surface area contributed by atoms with Crippen molar-refractivity contribution in [2.75, 3.05) is 26.4 Å². The number of aliphatic hydroxyl groups excluding tert-OH is 10. The van der Waals surface area contributed by atoms with Crippen LogP contribution in [0.3, 0.4) is 0 Å². The fourth-order valence-corrected chi connectivity index (χ4v) is 4.22. The lowest BCUT2D eigenvalue weighted by molar-refractivity contribution is -0.387. The maximum absolute atomic E-state index is 10.3. The molecule has 3 fully saturated rings. The van der Waals surface area contributed by atoms with E-state index < -0.39 is 112 Å². The summed E-state index contributed by atoms with van der Waals surface area (Å²) < 4.78 is 26.9. The molecule has 0 bridgehead atoms. The highest BCUT2D eigenvalue weighted by Gasteiger charge is 2.58. The van der Waals surface area contributed by atoms with Crippen molar-refractivity contribution < 1.29 is 74.7 Å². The SMILES string of the molecule is C[C@@H]1[C@H](O)[C@@H](O)C(OC[C@H]2OC(O[C@]3(CO)O[C@H](CO)[C@@H](O)[C@@H]3O)[C@H](O)[C@@H](O)[C@@H]2O)O[C@@H]1CO. The Balaban J connectivity index is 1.69. The Labute approximate surface area is 194 Å². The third-order valence-corrected chi connectivity index (χ3v) is 6.56. The largest absolute Gasteiger partial charge is 0.394 e.